The molecule has 0 bridgehead atoms. The number of ketones is 1. The van der Waals surface area contributed by atoms with E-state index in [9.17, 15) is 4.79 Å². The minimum Gasteiger partial charge on any atom is -0.378 e. The van der Waals surface area contributed by atoms with E-state index in [1.54, 1.807) is 4.68 Å². The quantitative estimate of drug-likeness (QED) is 0.826. The van der Waals surface area contributed by atoms with Crippen LogP contribution in [0, 0.1) is 6.92 Å². The molecule has 2 heterocycles. The minimum atomic E-state index is 0.204. The maximum atomic E-state index is 11.9. The van der Waals surface area contributed by atoms with Crippen LogP contribution >= 0.6 is 11.6 Å². The summed E-state index contributed by atoms with van der Waals surface area (Å²) in [6.07, 6.45) is 4.23. The predicted molar refractivity (Wildman–Crippen MR) is 69.9 cm³/mol. The number of Topliss-reactive ketones (excluding diaryl/α,β-unsaturated/α-hetero) is 1. The van der Waals surface area contributed by atoms with Crippen molar-refractivity contribution in [2.24, 2.45) is 7.05 Å². The molecule has 2 rings (SSSR count). The van der Waals surface area contributed by atoms with Gasteiger partial charge in [-0.2, -0.15) is 5.10 Å². The molecule has 0 N–H and O–H groups in total. The van der Waals surface area contributed by atoms with Crippen molar-refractivity contribution >= 4 is 17.4 Å². The molecule has 0 spiro atoms. The first-order valence-electron chi connectivity index (χ1n) is 6.39. The molecule has 1 unspecified atom stereocenters. The van der Waals surface area contributed by atoms with E-state index in [4.69, 9.17) is 16.3 Å². The van der Waals surface area contributed by atoms with Crippen LogP contribution in [0.15, 0.2) is 0 Å². The molecule has 1 aliphatic rings. The monoisotopic (exact) mass is 270 g/mol. The Labute approximate surface area is 112 Å². The van der Waals surface area contributed by atoms with Crippen molar-refractivity contribution < 1.29 is 9.53 Å². The number of rotatable bonds is 5. The van der Waals surface area contributed by atoms with E-state index >= 15 is 0 Å². The first-order valence-corrected chi connectivity index (χ1v) is 6.77. The Morgan fingerprint density at radius 3 is 2.94 bits per heavy atom. The lowest BCUT2D eigenvalue weighted by molar-refractivity contribution is -0.119. The van der Waals surface area contributed by atoms with Crippen LogP contribution in [0.4, 0.5) is 0 Å². The van der Waals surface area contributed by atoms with Crippen molar-refractivity contribution in [1.29, 1.82) is 0 Å². The molecule has 5 heteroatoms. The molecule has 0 radical (unpaired) electrons. The van der Waals surface area contributed by atoms with E-state index in [0.29, 0.717) is 17.9 Å². The Balaban J connectivity index is 1.86. The second kappa shape index (κ2) is 5.85. The van der Waals surface area contributed by atoms with Gasteiger partial charge >= 0.3 is 0 Å². The van der Waals surface area contributed by atoms with Crippen LogP contribution < -0.4 is 0 Å². The molecule has 0 aromatic carbocycles. The van der Waals surface area contributed by atoms with Crippen molar-refractivity contribution in [2.45, 2.75) is 45.1 Å². The van der Waals surface area contributed by atoms with Crippen LogP contribution in [0.3, 0.4) is 0 Å². The van der Waals surface area contributed by atoms with Gasteiger partial charge in [0.25, 0.3) is 0 Å². The SMILES string of the molecule is Cc1nn(C)c(CC(=O)CCC2CCCO2)c1Cl. The smallest absolute Gasteiger partial charge is 0.138 e. The number of halogens is 1. The highest BCUT2D eigenvalue weighted by Crippen LogP contribution is 2.21. The van der Waals surface area contributed by atoms with Crippen LogP contribution in [0.1, 0.15) is 37.1 Å². The summed E-state index contributed by atoms with van der Waals surface area (Å²) in [5.74, 6) is 0.204. The average molecular weight is 271 g/mol. The number of carbonyl (C=O) groups excluding carboxylic acids is 1. The number of hydrogen-bond acceptors (Lipinski definition) is 3. The molecule has 0 aliphatic carbocycles. The van der Waals surface area contributed by atoms with Crippen LogP contribution in [-0.4, -0.2) is 28.3 Å². The highest BCUT2D eigenvalue weighted by Gasteiger charge is 2.19. The lowest BCUT2D eigenvalue weighted by Gasteiger charge is -2.08. The predicted octanol–water partition coefficient (Wildman–Crippen LogP) is 2.45. The Hall–Kier alpha value is -0.870. The van der Waals surface area contributed by atoms with Crippen molar-refractivity contribution in [1.82, 2.24) is 9.78 Å². The van der Waals surface area contributed by atoms with E-state index in [1.807, 2.05) is 14.0 Å². The van der Waals surface area contributed by atoms with E-state index in [1.165, 1.54) is 0 Å². The third kappa shape index (κ3) is 3.12. The third-order valence-electron chi connectivity index (χ3n) is 3.40. The van der Waals surface area contributed by atoms with Gasteiger partial charge in [0, 0.05) is 26.5 Å². The number of aryl methyl sites for hydroxylation is 2. The molecule has 100 valence electrons. The van der Waals surface area contributed by atoms with E-state index < -0.39 is 0 Å². The zero-order valence-corrected chi connectivity index (χ0v) is 11.7. The summed E-state index contributed by atoms with van der Waals surface area (Å²) in [5.41, 5.74) is 1.59. The van der Waals surface area contributed by atoms with Gasteiger partial charge in [0.05, 0.1) is 22.5 Å². The third-order valence-corrected chi connectivity index (χ3v) is 3.89. The second-order valence-corrected chi connectivity index (χ2v) is 5.24. The summed E-state index contributed by atoms with van der Waals surface area (Å²) in [4.78, 5) is 11.9. The molecule has 0 amide bonds. The van der Waals surface area contributed by atoms with Crippen molar-refractivity contribution in [3.63, 3.8) is 0 Å². The number of hydrogen-bond donors (Lipinski definition) is 0. The van der Waals surface area contributed by atoms with Gasteiger partial charge in [-0.1, -0.05) is 11.6 Å². The lowest BCUT2D eigenvalue weighted by atomic mass is 10.1. The van der Waals surface area contributed by atoms with Crippen molar-refractivity contribution in [3.05, 3.63) is 16.4 Å². The molecular formula is C13H19ClN2O2. The van der Waals surface area contributed by atoms with Gasteiger partial charge in [0.1, 0.15) is 5.78 Å². The second-order valence-electron chi connectivity index (χ2n) is 4.86. The van der Waals surface area contributed by atoms with Gasteiger partial charge in [0.2, 0.25) is 0 Å². The molecule has 1 saturated heterocycles. The molecule has 1 aromatic heterocycles. The molecule has 1 aromatic rings. The molecule has 0 saturated carbocycles. The number of ether oxygens (including phenoxy) is 1. The maximum absolute atomic E-state index is 11.9. The highest BCUT2D eigenvalue weighted by atomic mass is 35.5. The zero-order chi connectivity index (χ0) is 13.1. The fourth-order valence-electron chi connectivity index (χ4n) is 2.34. The first kappa shape index (κ1) is 13.6. The normalized spacial score (nSPS) is 19.4. The van der Waals surface area contributed by atoms with Crippen LogP contribution in [0.25, 0.3) is 0 Å². The van der Waals surface area contributed by atoms with Gasteiger partial charge in [-0.15, -0.1) is 0 Å². The van der Waals surface area contributed by atoms with Gasteiger partial charge in [-0.3, -0.25) is 9.48 Å². The van der Waals surface area contributed by atoms with E-state index in [2.05, 4.69) is 5.10 Å². The number of nitrogens with zero attached hydrogens (tertiary/aromatic N) is 2. The summed E-state index contributed by atoms with van der Waals surface area (Å²) < 4.78 is 7.21. The van der Waals surface area contributed by atoms with Crippen LogP contribution in [0.5, 0.6) is 0 Å². The summed E-state index contributed by atoms with van der Waals surface area (Å²) in [7, 11) is 1.82. The number of carbonyl (C=O) groups is 1. The van der Waals surface area contributed by atoms with Gasteiger partial charge in [-0.05, 0) is 26.2 Å². The van der Waals surface area contributed by atoms with Crippen molar-refractivity contribution in [2.75, 3.05) is 6.61 Å². The molecule has 4 nitrogen and oxygen atoms in total. The Bertz CT molecular complexity index is 436. The van der Waals surface area contributed by atoms with Gasteiger partial charge in [0.15, 0.2) is 0 Å². The molecular weight excluding hydrogens is 252 g/mol. The highest BCUT2D eigenvalue weighted by molar-refractivity contribution is 6.32. The zero-order valence-electron chi connectivity index (χ0n) is 10.9. The van der Waals surface area contributed by atoms with E-state index in [0.717, 1.165) is 37.3 Å². The van der Waals surface area contributed by atoms with Crippen LogP contribution in [-0.2, 0) is 23.0 Å². The largest absolute Gasteiger partial charge is 0.378 e. The van der Waals surface area contributed by atoms with Gasteiger partial charge < -0.3 is 4.74 Å². The summed E-state index contributed by atoms with van der Waals surface area (Å²) >= 11 is 6.13. The molecule has 1 atom stereocenters. The lowest BCUT2D eigenvalue weighted by Crippen LogP contribution is -2.12. The Kier molecular flexibility index (Phi) is 4.40. The summed E-state index contributed by atoms with van der Waals surface area (Å²) in [6, 6.07) is 0. The summed E-state index contributed by atoms with van der Waals surface area (Å²) in [6.45, 7) is 2.69. The number of aromatic nitrogens is 2. The average Bonchev–Trinajstić information content (AvgIpc) is 2.92. The Morgan fingerprint density at radius 2 is 2.39 bits per heavy atom. The molecule has 18 heavy (non-hydrogen) atoms. The standard InChI is InChI=1S/C13H19ClN2O2/c1-9-13(14)12(16(2)15-9)8-10(17)5-6-11-4-3-7-18-11/h11H,3-8H2,1-2H3. The summed E-state index contributed by atoms with van der Waals surface area (Å²) in [5, 5.41) is 4.82. The first-order chi connectivity index (χ1) is 8.58. The fraction of sp³-hybridized carbons (Fsp3) is 0.692. The van der Waals surface area contributed by atoms with Gasteiger partial charge in [-0.25, -0.2) is 0 Å². The minimum absolute atomic E-state index is 0.204. The fourth-order valence-corrected chi connectivity index (χ4v) is 2.57. The van der Waals surface area contributed by atoms with Crippen LogP contribution in [0.2, 0.25) is 5.02 Å². The molecule has 1 aliphatic heterocycles. The van der Waals surface area contributed by atoms with E-state index in [-0.39, 0.29) is 11.9 Å². The maximum Gasteiger partial charge on any atom is 0.138 e. The topological polar surface area (TPSA) is 44.1 Å². The molecule has 1 fully saturated rings. The van der Waals surface area contributed by atoms with Crippen molar-refractivity contribution in [3.8, 4) is 0 Å². The Morgan fingerprint density at radius 1 is 1.61 bits per heavy atom.